The molecule has 0 unspecified atom stereocenters. The standard InChI is InChI=1S/C19H22N2O4/c1-14-5-4-6-16(11-14)25-18-8-3-2-7-17(18)20-19(23)21-9-10-24-13-15(21)12-22/h2-8,11,15,22H,9-10,12-13H2,1H3,(H,20,23)/t15-/m0/s1. The van der Waals surface area contributed by atoms with Crippen LogP contribution in [0.5, 0.6) is 11.5 Å². The van der Waals surface area contributed by atoms with Crippen molar-refractivity contribution in [2.45, 2.75) is 13.0 Å². The van der Waals surface area contributed by atoms with E-state index < -0.39 is 0 Å². The second kappa shape index (κ2) is 8.00. The number of para-hydroxylation sites is 2. The number of benzene rings is 2. The Balaban J connectivity index is 1.75. The zero-order valence-corrected chi connectivity index (χ0v) is 14.1. The van der Waals surface area contributed by atoms with E-state index in [-0.39, 0.29) is 18.7 Å². The number of anilines is 1. The Labute approximate surface area is 147 Å². The molecule has 2 N–H and O–H groups in total. The maximum atomic E-state index is 12.6. The lowest BCUT2D eigenvalue weighted by molar-refractivity contribution is -0.00485. The molecule has 25 heavy (non-hydrogen) atoms. The summed E-state index contributed by atoms with van der Waals surface area (Å²) in [6.45, 7) is 3.11. The van der Waals surface area contributed by atoms with Crippen LogP contribution >= 0.6 is 0 Å². The number of rotatable bonds is 4. The number of carbonyl (C=O) groups is 1. The van der Waals surface area contributed by atoms with Gasteiger partial charge in [0.15, 0.2) is 5.75 Å². The van der Waals surface area contributed by atoms with Crippen molar-refractivity contribution in [1.29, 1.82) is 0 Å². The minimum Gasteiger partial charge on any atom is -0.455 e. The third-order valence-electron chi connectivity index (χ3n) is 4.05. The Morgan fingerprint density at radius 1 is 1.32 bits per heavy atom. The Kier molecular flexibility index (Phi) is 5.53. The summed E-state index contributed by atoms with van der Waals surface area (Å²) in [4.78, 5) is 14.2. The number of nitrogens with zero attached hydrogens (tertiary/aromatic N) is 1. The summed E-state index contributed by atoms with van der Waals surface area (Å²) in [5, 5.41) is 12.3. The van der Waals surface area contributed by atoms with E-state index in [9.17, 15) is 9.90 Å². The van der Waals surface area contributed by atoms with Crippen molar-refractivity contribution in [2.75, 3.05) is 31.7 Å². The van der Waals surface area contributed by atoms with Gasteiger partial charge in [0.25, 0.3) is 0 Å². The lowest BCUT2D eigenvalue weighted by Crippen LogP contribution is -2.52. The van der Waals surface area contributed by atoms with Gasteiger partial charge in [-0.05, 0) is 36.8 Å². The van der Waals surface area contributed by atoms with E-state index >= 15 is 0 Å². The van der Waals surface area contributed by atoms with Crippen molar-refractivity contribution in [2.24, 2.45) is 0 Å². The number of nitrogens with one attached hydrogen (secondary N) is 1. The molecule has 6 nitrogen and oxygen atoms in total. The number of urea groups is 1. The highest BCUT2D eigenvalue weighted by atomic mass is 16.5. The van der Waals surface area contributed by atoms with Crippen molar-refractivity contribution in [1.82, 2.24) is 4.90 Å². The first kappa shape index (κ1) is 17.3. The highest BCUT2D eigenvalue weighted by Crippen LogP contribution is 2.30. The van der Waals surface area contributed by atoms with Gasteiger partial charge in [-0.1, -0.05) is 24.3 Å². The predicted octanol–water partition coefficient (Wildman–Crippen LogP) is 3.01. The van der Waals surface area contributed by atoms with E-state index in [0.29, 0.717) is 36.9 Å². The van der Waals surface area contributed by atoms with Gasteiger partial charge in [-0.3, -0.25) is 0 Å². The number of ether oxygens (including phenoxy) is 2. The number of aliphatic hydroxyl groups excluding tert-OH is 1. The number of amides is 2. The smallest absolute Gasteiger partial charge is 0.322 e. The first-order chi connectivity index (χ1) is 12.2. The van der Waals surface area contributed by atoms with Gasteiger partial charge in [-0.15, -0.1) is 0 Å². The van der Waals surface area contributed by atoms with Gasteiger partial charge in [0.2, 0.25) is 0 Å². The Morgan fingerprint density at radius 2 is 2.16 bits per heavy atom. The van der Waals surface area contributed by atoms with E-state index in [1.165, 1.54) is 0 Å². The molecule has 132 valence electrons. The van der Waals surface area contributed by atoms with Crippen LogP contribution in [0.2, 0.25) is 0 Å². The van der Waals surface area contributed by atoms with Crippen LogP contribution in [0.3, 0.4) is 0 Å². The number of morpholine rings is 1. The van der Waals surface area contributed by atoms with Gasteiger partial charge in [0.1, 0.15) is 5.75 Å². The number of aliphatic hydroxyl groups is 1. The quantitative estimate of drug-likeness (QED) is 0.896. The molecule has 1 heterocycles. The lowest BCUT2D eigenvalue weighted by atomic mass is 10.2. The second-order valence-corrected chi connectivity index (χ2v) is 5.95. The molecule has 0 aromatic heterocycles. The van der Waals surface area contributed by atoms with Crippen LogP contribution in [-0.2, 0) is 4.74 Å². The van der Waals surface area contributed by atoms with Crippen LogP contribution in [0.1, 0.15) is 5.56 Å². The van der Waals surface area contributed by atoms with Crippen LogP contribution in [0.25, 0.3) is 0 Å². The first-order valence-corrected chi connectivity index (χ1v) is 8.27. The third-order valence-corrected chi connectivity index (χ3v) is 4.05. The SMILES string of the molecule is Cc1cccc(Oc2ccccc2NC(=O)N2CCOC[C@@H]2CO)c1. The molecule has 0 bridgehead atoms. The topological polar surface area (TPSA) is 71.0 Å². The van der Waals surface area contributed by atoms with Gasteiger partial charge < -0.3 is 24.8 Å². The average molecular weight is 342 g/mol. The molecule has 1 aliphatic heterocycles. The van der Waals surface area contributed by atoms with Gasteiger partial charge in [-0.25, -0.2) is 4.79 Å². The molecular weight excluding hydrogens is 320 g/mol. The zero-order valence-electron chi connectivity index (χ0n) is 14.1. The Hall–Kier alpha value is -2.57. The monoisotopic (exact) mass is 342 g/mol. The van der Waals surface area contributed by atoms with Crippen LogP contribution in [-0.4, -0.2) is 48.4 Å². The lowest BCUT2D eigenvalue weighted by Gasteiger charge is -2.34. The second-order valence-electron chi connectivity index (χ2n) is 5.95. The molecule has 6 heteroatoms. The van der Waals surface area contributed by atoms with Crippen LogP contribution in [0.15, 0.2) is 48.5 Å². The minimum atomic E-state index is -0.335. The molecule has 0 saturated carbocycles. The van der Waals surface area contributed by atoms with Crippen LogP contribution < -0.4 is 10.1 Å². The first-order valence-electron chi connectivity index (χ1n) is 8.27. The minimum absolute atomic E-state index is 0.130. The number of carbonyl (C=O) groups excluding carboxylic acids is 1. The fraction of sp³-hybridized carbons (Fsp3) is 0.316. The third kappa shape index (κ3) is 4.29. The highest BCUT2D eigenvalue weighted by Gasteiger charge is 2.27. The number of hydrogen-bond donors (Lipinski definition) is 2. The summed E-state index contributed by atoms with van der Waals surface area (Å²) < 4.78 is 11.2. The molecule has 2 amide bonds. The largest absolute Gasteiger partial charge is 0.455 e. The summed E-state index contributed by atoms with van der Waals surface area (Å²) in [6, 6.07) is 14.4. The van der Waals surface area contributed by atoms with Crippen molar-refractivity contribution in [3.8, 4) is 11.5 Å². The van der Waals surface area contributed by atoms with Crippen LogP contribution in [0.4, 0.5) is 10.5 Å². The number of aryl methyl sites for hydroxylation is 1. The number of hydrogen-bond acceptors (Lipinski definition) is 4. The normalized spacial score (nSPS) is 17.2. The zero-order chi connectivity index (χ0) is 17.6. The van der Waals surface area contributed by atoms with Gasteiger partial charge in [0, 0.05) is 6.54 Å². The van der Waals surface area contributed by atoms with Gasteiger partial charge >= 0.3 is 6.03 Å². The van der Waals surface area contributed by atoms with E-state index in [2.05, 4.69) is 5.32 Å². The van der Waals surface area contributed by atoms with E-state index in [1.54, 1.807) is 17.0 Å². The average Bonchev–Trinajstić information content (AvgIpc) is 2.63. The molecule has 0 radical (unpaired) electrons. The van der Waals surface area contributed by atoms with E-state index in [0.717, 1.165) is 5.56 Å². The highest BCUT2D eigenvalue weighted by molar-refractivity contribution is 5.91. The molecule has 2 aromatic rings. The molecule has 0 spiro atoms. The summed E-state index contributed by atoms with van der Waals surface area (Å²) >= 11 is 0. The molecular formula is C19H22N2O4. The molecule has 1 atom stereocenters. The molecule has 3 rings (SSSR count). The molecule has 2 aromatic carbocycles. The fourth-order valence-electron chi connectivity index (χ4n) is 2.73. The predicted molar refractivity (Wildman–Crippen MR) is 95.1 cm³/mol. The summed E-state index contributed by atoms with van der Waals surface area (Å²) in [5.41, 5.74) is 1.68. The summed E-state index contributed by atoms with van der Waals surface area (Å²) in [7, 11) is 0. The van der Waals surface area contributed by atoms with Gasteiger partial charge in [0.05, 0.1) is 31.5 Å². The van der Waals surface area contributed by atoms with Crippen molar-refractivity contribution in [3.05, 3.63) is 54.1 Å². The summed E-state index contributed by atoms with van der Waals surface area (Å²) in [5.74, 6) is 1.27. The van der Waals surface area contributed by atoms with Crippen LogP contribution in [0, 0.1) is 6.92 Å². The van der Waals surface area contributed by atoms with Crippen molar-refractivity contribution in [3.63, 3.8) is 0 Å². The Morgan fingerprint density at radius 3 is 2.96 bits per heavy atom. The fourth-order valence-corrected chi connectivity index (χ4v) is 2.73. The van der Waals surface area contributed by atoms with E-state index in [1.807, 2.05) is 43.3 Å². The maximum absolute atomic E-state index is 12.6. The molecule has 0 aliphatic carbocycles. The Bertz CT molecular complexity index is 735. The molecule has 1 fully saturated rings. The van der Waals surface area contributed by atoms with Crippen molar-refractivity contribution < 1.29 is 19.4 Å². The van der Waals surface area contributed by atoms with E-state index in [4.69, 9.17) is 9.47 Å². The van der Waals surface area contributed by atoms with Crippen molar-refractivity contribution >= 4 is 11.7 Å². The maximum Gasteiger partial charge on any atom is 0.322 e. The molecule has 1 saturated heterocycles. The summed E-state index contributed by atoms with van der Waals surface area (Å²) in [6.07, 6.45) is 0. The molecule has 1 aliphatic rings. The van der Waals surface area contributed by atoms with Gasteiger partial charge in [-0.2, -0.15) is 0 Å².